The summed E-state index contributed by atoms with van der Waals surface area (Å²) in [6.45, 7) is 7.26. The summed E-state index contributed by atoms with van der Waals surface area (Å²) in [4.78, 5) is 25.0. The number of urea groups is 1. The highest BCUT2D eigenvalue weighted by molar-refractivity contribution is 5.89. The Hall–Kier alpha value is -4.11. The normalized spacial score (nSPS) is 15.4. The third-order valence-electron chi connectivity index (χ3n) is 8.13. The fraction of sp³-hybridized carbons (Fsp3) is 0.333. The predicted molar refractivity (Wildman–Crippen MR) is 158 cm³/mol. The van der Waals surface area contributed by atoms with E-state index in [1.807, 2.05) is 42.2 Å². The van der Waals surface area contributed by atoms with Crippen molar-refractivity contribution in [2.75, 3.05) is 18.4 Å². The summed E-state index contributed by atoms with van der Waals surface area (Å²) >= 11 is 0. The van der Waals surface area contributed by atoms with Crippen LogP contribution < -0.4 is 5.32 Å². The molecule has 42 heavy (non-hydrogen) atoms. The van der Waals surface area contributed by atoms with Gasteiger partial charge in [0.05, 0.1) is 23.6 Å². The lowest BCUT2D eigenvalue weighted by atomic mass is 9.94. The number of imidazole rings is 1. The van der Waals surface area contributed by atoms with Crippen molar-refractivity contribution in [1.29, 1.82) is 0 Å². The number of aromatic amines is 1. The van der Waals surface area contributed by atoms with Gasteiger partial charge >= 0.3 is 12.2 Å². The van der Waals surface area contributed by atoms with E-state index in [1.165, 1.54) is 24.6 Å². The molecule has 6 nitrogen and oxygen atoms in total. The maximum atomic E-state index is 13.8. The van der Waals surface area contributed by atoms with Gasteiger partial charge in [0.1, 0.15) is 0 Å². The molecule has 3 aromatic carbocycles. The molecule has 0 radical (unpaired) electrons. The number of nitrogens with one attached hydrogen (secondary N) is 2. The Labute approximate surface area is 244 Å². The summed E-state index contributed by atoms with van der Waals surface area (Å²) in [7, 11) is 0. The summed E-state index contributed by atoms with van der Waals surface area (Å²) in [6, 6.07) is 19.6. The second-order valence-corrected chi connectivity index (χ2v) is 11.1. The smallest absolute Gasteiger partial charge is 0.347 e. The van der Waals surface area contributed by atoms with E-state index in [0.29, 0.717) is 38.0 Å². The first kappa shape index (κ1) is 29.4. The van der Waals surface area contributed by atoms with Crippen molar-refractivity contribution >= 4 is 11.7 Å². The van der Waals surface area contributed by atoms with Gasteiger partial charge in [-0.3, -0.25) is 4.90 Å². The van der Waals surface area contributed by atoms with Gasteiger partial charge in [-0.25, -0.2) is 9.78 Å². The lowest BCUT2D eigenvalue weighted by Crippen LogP contribution is -2.49. The number of amides is 2. The Morgan fingerprint density at radius 3 is 2.40 bits per heavy atom. The van der Waals surface area contributed by atoms with Crippen LogP contribution in [0.3, 0.4) is 0 Å². The number of hydrogen-bond acceptors (Lipinski definition) is 3. The van der Waals surface area contributed by atoms with E-state index in [2.05, 4.69) is 45.3 Å². The van der Waals surface area contributed by atoms with Crippen LogP contribution in [0, 0.1) is 20.8 Å². The molecule has 0 saturated carbocycles. The van der Waals surface area contributed by atoms with Gasteiger partial charge in [-0.2, -0.15) is 13.2 Å². The molecular formula is C33H36F3N5O. The van der Waals surface area contributed by atoms with Crippen LogP contribution in [-0.2, 0) is 12.7 Å². The Morgan fingerprint density at radius 2 is 1.76 bits per heavy atom. The Bertz CT molecular complexity index is 1500. The van der Waals surface area contributed by atoms with Crippen molar-refractivity contribution in [2.24, 2.45) is 0 Å². The van der Waals surface area contributed by atoms with Crippen molar-refractivity contribution < 1.29 is 18.0 Å². The van der Waals surface area contributed by atoms with Crippen LogP contribution in [0.1, 0.15) is 58.0 Å². The number of rotatable bonds is 7. The van der Waals surface area contributed by atoms with E-state index in [9.17, 15) is 18.0 Å². The van der Waals surface area contributed by atoms with Crippen LogP contribution in [-0.4, -0.2) is 44.9 Å². The zero-order valence-corrected chi connectivity index (χ0v) is 24.1. The molecule has 1 atom stereocenters. The van der Waals surface area contributed by atoms with Gasteiger partial charge < -0.3 is 15.2 Å². The van der Waals surface area contributed by atoms with Gasteiger partial charge in [0, 0.05) is 37.6 Å². The summed E-state index contributed by atoms with van der Waals surface area (Å²) < 4.78 is 41.4. The number of para-hydroxylation sites is 1. The number of aromatic nitrogens is 2. The molecular weight excluding hydrogens is 539 g/mol. The van der Waals surface area contributed by atoms with E-state index < -0.39 is 17.8 Å². The number of alkyl halides is 3. The van der Waals surface area contributed by atoms with Gasteiger partial charge in [0.25, 0.3) is 0 Å². The number of benzene rings is 3. The first-order valence-electron chi connectivity index (χ1n) is 14.2. The number of hydrogen-bond donors (Lipinski definition) is 2. The largest absolute Gasteiger partial charge is 0.416 e. The van der Waals surface area contributed by atoms with Crippen molar-refractivity contribution in [3.63, 3.8) is 0 Å². The molecule has 1 aromatic heterocycles. The summed E-state index contributed by atoms with van der Waals surface area (Å²) in [6.07, 6.45) is 0.134. The van der Waals surface area contributed by atoms with Gasteiger partial charge in [0.2, 0.25) is 0 Å². The molecule has 2 amide bonds. The summed E-state index contributed by atoms with van der Waals surface area (Å²) in [5.41, 5.74) is 4.97. The van der Waals surface area contributed by atoms with Gasteiger partial charge in [-0.1, -0.05) is 54.1 Å². The number of nitrogens with zero attached hydrogens (tertiary/aromatic N) is 3. The van der Waals surface area contributed by atoms with Crippen LogP contribution >= 0.6 is 0 Å². The third-order valence-corrected chi connectivity index (χ3v) is 8.13. The monoisotopic (exact) mass is 575 g/mol. The number of carbonyl (C=O) groups is 1. The van der Waals surface area contributed by atoms with E-state index in [4.69, 9.17) is 0 Å². The van der Waals surface area contributed by atoms with E-state index in [1.54, 1.807) is 18.6 Å². The molecule has 220 valence electrons. The maximum Gasteiger partial charge on any atom is 0.416 e. The number of halogens is 3. The number of likely N-dealkylation sites (tertiary alicyclic amines) is 1. The number of anilines is 1. The van der Waals surface area contributed by atoms with Crippen molar-refractivity contribution in [3.8, 4) is 0 Å². The Balaban J connectivity index is 1.39. The quantitative estimate of drug-likeness (QED) is 0.238. The van der Waals surface area contributed by atoms with E-state index in [-0.39, 0.29) is 17.6 Å². The van der Waals surface area contributed by atoms with Crippen molar-refractivity contribution in [3.05, 3.63) is 118 Å². The molecule has 0 spiro atoms. The zero-order valence-electron chi connectivity index (χ0n) is 24.1. The van der Waals surface area contributed by atoms with Gasteiger partial charge in [-0.15, -0.1) is 0 Å². The Kier molecular flexibility index (Phi) is 8.68. The van der Waals surface area contributed by atoms with Crippen LogP contribution in [0.2, 0.25) is 0 Å². The predicted octanol–water partition coefficient (Wildman–Crippen LogP) is 7.64. The van der Waals surface area contributed by atoms with Crippen LogP contribution in [0.4, 0.5) is 23.7 Å². The first-order valence-corrected chi connectivity index (χ1v) is 14.2. The minimum Gasteiger partial charge on any atom is -0.347 e. The summed E-state index contributed by atoms with van der Waals surface area (Å²) in [5.74, 6) is 0. The minimum absolute atomic E-state index is 0.0446. The third kappa shape index (κ3) is 6.68. The second-order valence-electron chi connectivity index (χ2n) is 11.1. The standard InChI is InChI=1S/C33H36F3N5O/c1-22-9-11-26(24(3)17-22)20-41(32(42)39-27-7-5-4-6-8-27)28-13-15-40(16-14-28)31(30-19-37-21-38-30)25-12-10-23(2)29(18-25)33(34,35)36/h4-12,17-19,21,28,31H,13-16,20H2,1-3H3,(H,37,38)(H,39,42). The van der Waals surface area contributed by atoms with Crippen molar-refractivity contribution in [2.45, 2.75) is 58.4 Å². The number of carbonyl (C=O) groups excluding carboxylic acids is 1. The van der Waals surface area contributed by atoms with Crippen LogP contribution in [0.25, 0.3) is 0 Å². The highest BCUT2D eigenvalue weighted by Crippen LogP contribution is 2.37. The topological polar surface area (TPSA) is 64.3 Å². The molecule has 1 aliphatic heterocycles. The molecule has 1 aliphatic rings. The number of H-pyrrole nitrogens is 1. The van der Waals surface area contributed by atoms with E-state index >= 15 is 0 Å². The summed E-state index contributed by atoms with van der Waals surface area (Å²) in [5, 5.41) is 3.05. The molecule has 2 heterocycles. The van der Waals surface area contributed by atoms with Crippen LogP contribution in [0.5, 0.6) is 0 Å². The lowest BCUT2D eigenvalue weighted by molar-refractivity contribution is -0.138. The lowest BCUT2D eigenvalue weighted by Gasteiger charge is -2.41. The first-order chi connectivity index (χ1) is 20.1. The fourth-order valence-corrected chi connectivity index (χ4v) is 5.86. The number of piperidine rings is 1. The molecule has 1 saturated heterocycles. The average molecular weight is 576 g/mol. The highest BCUT2D eigenvalue weighted by Gasteiger charge is 2.36. The molecule has 1 fully saturated rings. The average Bonchev–Trinajstić information content (AvgIpc) is 3.48. The van der Waals surface area contributed by atoms with Crippen LogP contribution in [0.15, 0.2) is 79.3 Å². The van der Waals surface area contributed by atoms with Gasteiger partial charge in [0.15, 0.2) is 0 Å². The molecule has 9 heteroatoms. The zero-order chi connectivity index (χ0) is 29.9. The number of aryl methyl sites for hydroxylation is 3. The second kappa shape index (κ2) is 12.4. The van der Waals surface area contributed by atoms with E-state index in [0.717, 1.165) is 22.5 Å². The minimum atomic E-state index is -4.44. The molecule has 5 rings (SSSR count). The maximum absolute atomic E-state index is 13.8. The molecule has 0 aliphatic carbocycles. The fourth-order valence-electron chi connectivity index (χ4n) is 5.86. The molecule has 1 unspecified atom stereocenters. The van der Waals surface area contributed by atoms with Crippen molar-refractivity contribution in [1.82, 2.24) is 19.8 Å². The SMILES string of the molecule is Cc1ccc(CN(C(=O)Nc2ccccc2)C2CCN(C(c3ccc(C)c(C(F)(F)F)c3)c3cnc[nH]3)CC2)c(C)c1. The Morgan fingerprint density at radius 1 is 1.02 bits per heavy atom. The molecule has 4 aromatic rings. The molecule has 0 bridgehead atoms. The molecule has 2 N–H and O–H groups in total. The van der Waals surface area contributed by atoms with Gasteiger partial charge in [-0.05, 0) is 74.1 Å². The highest BCUT2D eigenvalue weighted by atomic mass is 19.4.